The molecule has 0 radical (unpaired) electrons. The van der Waals surface area contributed by atoms with Crippen molar-refractivity contribution in [3.63, 3.8) is 0 Å². The quantitative estimate of drug-likeness (QED) is 0.582. The molecular weight excluding hydrogens is 416 g/mol. The van der Waals surface area contributed by atoms with Gasteiger partial charge in [-0.25, -0.2) is 9.97 Å². The van der Waals surface area contributed by atoms with Crippen LogP contribution in [0.1, 0.15) is 76.3 Å². The van der Waals surface area contributed by atoms with E-state index >= 15 is 0 Å². The Hall–Kier alpha value is -3.61. The van der Waals surface area contributed by atoms with Crippen molar-refractivity contribution in [1.29, 1.82) is 0 Å². The highest BCUT2D eigenvalue weighted by molar-refractivity contribution is 6.09. The summed E-state index contributed by atoms with van der Waals surface area (Å²) < 4.78 is 5.56. The zero-order valence-corrected chi connectivity index (χ0v) is 18.7. The molecule has 1 fully saturated rings. The molecule has 0 unspecified atom stereocenters. The minimum Gasteiger partial charge on any atom is -0.468 e. The molecule has 0 atom stereocenters. The summed E-state index contributed by atoms with van der Waals surface area (Å²) in [5.74, 6) is 1.45. The molecule has 0 N–H and O–H groups in total. The first kappa shape index (κ1) is 21.2. The number of piperidine rings is 1. The molecule has 7 nitrogen and oxygen atoms in total. The van der Waals surface area contributed by atoms with Crippen LogP contribution in [0.25, 0.3) is 17.5 Å². The summed E-state index contributed by atoms with van der Waals surface area (Å²) in [6.45, 7) is 3.20. The minimum absolute atomic E-state index is 0.0168. The van der Waals surface area contributed by atoms with Crippen LogP contribution in [0.15, 0.2) is 47.5 Å². The number of hydrogen-bond donors (Lipinski definition) is 0. The summed E-state index contributed by atoms with van der Waals surface area (Å²) in [4.78, 5) is 41.0. The van der Waals surface area contributed by atoms with Gasteiger partial charge in [0.25, 0.3) is 5.91 Å². The molecule has 1 aliphatic carbocycles. The fraction of sp³-hybridized carbons (Fsp3) is 0.346. The van der Waals surface area contributed by atoms with Gasteiger partial charge in [-0.2, -0.15) is 0 Å². The van der Waals surface area contributed by atoms with Gasteiger partial charge in [0.1, 0.15) is 12.0 Å². The van der Waals surface area contributed by atoms with Crippen molar-refractivity contribution in [2.45, 2.75) is 44.9 Å². The van der Waals surface area contributed by atoms with E-state index in [-0.39, 0.29) is 17.6 Å². The predicted octanol–water partition coefficient (Wildman–Crippen LogP) is 4.70. The Balaban J connectivity index is 1.35. The summed E-state index contributed by atoms with van der Waals surface area (Å²) in [5, 5.41) is 0. The van der Waals surface area contributed by atoms with Gasteiger partial charge in [0, 0.05) is 61.6 Å². The second-order valence-electron chi connectivity index (χ2n) is 8.57. The number of Topliss-reactive ketones (excluding diaryl/α,β-unsaturated/α-hetero) is 1. The van der Waals surface area contributed by atoms with Gasteiger partial charge in [-0.15, -0.1) is 0 Å². The molecule has 2 aliphatic rings. The molecule has 1 saturated heterocycles. The van der Waals surface area contributed by atoms with Gasteiger partial charge in [0.05, 0.1) is 16.8 Å². The van der Waals surface area contributed by atoms with E-state index in [2.05, 4.69) is 9.97 Å². The number of furan rings is 1. The number of allylic oxidation sites excluding steroid dienone is 1. The normalized spacial score (nSPS) is 16.9. The molecule has 1 aliphatic heterocycles. The lowest BCUT2D eigenvalue weighted by atomic mass is 9.89. The number of nitrogens with zero attached hydrogens (tertiary/aromatic N) is 4. The monoisotopic (exact) mass is 442 g/mol. The summed E-state index contributed by atoms with van der Waals surface area (Å²) in [5.41, 5.74) is 3.81. The van der Waals surface area contributed by atoms with Gasteiger partial charge in [-0.05, 0) is 38.3 Å². The van der Waals surface area contributed by atoms with Crippen LogP contribution in [-0.4, -0.2) is 44.6 Å². The largest absolute Gasteiger partial charge is 0.468 e. The fourth-order valence-corrected chi connectivity index (χ4v) is 4.78. The third-order valence-electron chi connectivity index (χ3n) is 6.47. The van der Waals surface area contributed by atoms with Crippen molar-refractivity contribution >= 4 is 17.8 Å². The number of carbonyl (C=O) groups is 2. The van der Waals surface area contributed by atoms with Gasteiger partial charge in [0.2, 0.25) is 0 Å². The van der Waals surface area contributed by atoms with E-state index in [0.29, 0.717) is 42.2 Å². The molecule has 0 spiro atoms. The van der Waals surface area contributed by atoms with E-state index in [1.807, 2.05) is 42.3 Å². The van der Waals surface area contributed by atoms with Crippen LogP contribution >= 0.6 is 0 Å². The van der Waals surface area contributed by atoms with Gasteiger partial charge in [0.15, 0.2) is 11.6 Å². The van der Waals surface area contributed by atoms with Crippen LogP contribution in [0.4, 0.5) is 0 Å². The Morgan fingerprint density at radius 3 is 2.82 bits per heavy atom. The van der Waals surface area contributed by atoms with Crippen LogP contribution < -0.4 is 0 Å². The topological polar surface area (TPSA) is 89.2 Å². The molecule has 3 aromatic rings. The molecule has 33 heavy (non-hydrogen) atoms. The molecule has 0 bridgehead atoms. The van der Waals surface area contributed by atoms with Gasteiger partial charge in [-0.1, -0.05) is 12.2 Å². The molecule has 0 aromatic carbocycles. The maximum Gasteiger partial charge on any atom is 0.257 e. The Morgan fingerprint density at radius 2 is 2.06 bits per heavy atom. The number of ketones is 1. The summed E-state index contributed by atoms with van der Waals surface area (Å²) in [6, 6.07) is 3.83. The number of carbonyl (C=O) groups excluding carboxylic acids is 2. The van der Waals surface area contributed by atoms with Crippen molar-refractivity contribution in [3.8, 4) is 11.4 Å². The van der Waals surface area contributed by atoms with Crippen LogP contribution in [0.5, 0.6) is 0 Å². The van der Waals surface area contributed by atoms with Crippen molar-refractivity contribution in [2.24, 2.45) is 0 Å². The highest BCUT2D eigenvalue weighted by Gasteiger charge is 2.32. The summed E-state index contributed by atoms with van der Waals surface area (Å²) >= 11 is 0. The Kier molecular flexibility index (Phi) is 5.86. The first-order chi connectivity index (χ1) is 16.2. The number of likely N-dealkylation sites (tertiary alicyclic amines) is 1. The number of rotatable bonds is 4. The van der Waals surface area contributed by atoms with Crippen LogP contribution in [0.2, 0.25) is 0 Å². The molecule has 4 heterocycles. The van der Waals surface area contributed by atoms with Crippen molar-refractivity contribution in [2.75, 3.05) is 13.1 Å². The minimum atomic E-state index is -0.110. The van der Waals surface area contributed by atoms with E-state index in [4.69, 9.17) is 9.40 Å². The Bertz CT molecular complexity index is 1210. The predicted molar refractivity (Wildman–Crippen MR) is 124 cm³/mol. The third-order valence-corrected chi connectivity index (χ3v) is 6.47. The van der Waals surface area contributed by atoms with Crippen LogP contribution in [0, 0.1) is 0 Å². The van der Waals surface area contributed by atoms with E-state index in [0.717, 1.165) is 42.5 Å². The average molecular weight is 443 g/mol. The van der Waals surface area contributed by atoms with E-state index in [1.54, 1.807) is 12.4 Å². The zero-order chi connectivity index (χ0) is 22.8. The average Bonchev–Trinajstić information content (AvgIpc) is 3.30. The number of fused-ring (bicyclic) bond motifs is 1. The maximum atomic E-state index is 13.2. The first-order valence-electron chi connectivity index (χ1n) is 11.5. The number of aryl methyl sites for hydroxylation is 1. The lowest BCUT2D eigenvalue weighted by Gasteiger charge is -2.32. The first-order valence-corrected chi connectivity index (χ1v) is 11.5. The lowest BCUT2D eigenvalue weighted by Crippen LogP contribution is -2.38. The molecule has 168 valence electrons. The standard InChI is InChI=1S/C26H26N4O3/c1-2-5-18-15-28-25(19-6-4-11-27-14-19)29-24(18)17-9-12-30(13-10-17)26(32)20-16-33-22-8-3-7-21(31)23(20)22/h2,4-6,11,14-17H,3,7-10,12-13H2,1H3. The van der Waals surface area contributed by atoms with Crippen molar-refractivity contribution in [1.82, 2.24) is 19.9 Å². The van der Waals surface area contributed by atoms with Gasteiger partial charge >= 0.3 is 0 Å². The number of hydrogen-bond acceptors (Lipinski definition) is 6. The molecule has 0 saturated carbocycles. The molecule has 3 aromatic heterocycles. The summed E-state index contributed by atoms with van der Waals surface area (Å²) in [6.07, 6.45) is 14.4. The summed E-state index contributed by atoms with van der Waals surface area (Å²) in [7, 11) is 0. The van der Waals surface area contributed by atoms with Crippen LogP contribution in [0.3, 0.4) is 0 Å². The van der Waals surface area contributed by atoms with E-state index < -0.39 is 0 Å². The second kappa shape index (κ2) is 9.10. The Labute approximate surface area is 192 Å². The SMILES string of the molecule is CC=Cc1cnc(-c2cccnc2)nc1C1CCN(C(=O)c2coc3c2C(=O)CCC3)CC1. The number of pyridine rings is 1. The van der Waals surface area contributed by atoms with Crippen molar-refractivity contribution < 1.29 is 14.0 Å². The number of amides is 1. The third kappa shape index (κ3) is 4.11. The smallest absolute Gasteiger partial charge is 0.257 e. The fourth-order valence-electron chi connectivity index (χ4n) is 4.78. The molecular formula is C26H26N4O3. The maximum absolute atomic E-state index is 13.2. The molecule has 7 heteroatoms. The lowest BCUT2D eigenvalue weighted by molar-refractivity contribution is 0.0706. The van der Waals surface area contributed by atoms with E-state index in [1.165, 1.54) is 6.26 Å². The second-order valence-corrected chi connectivity index (χ2v) is 8.57. The highest BCUT2D eigenvalue weighted by atomic mass is 16.3. The van der Waals surface area contributed by atoms with Gasteiger partial charge in [-0.3, -0.25) is 14.6 Å². The highest BCUT2D eigenvalue weighted by Crippen LogP contribution is 2.33. The molecule has 1 amide bonds. The Morgan fingerprint density at radius 1 is 1.21 bits per heavy atom. The van der Waals surface area contributed by atoms with E-state index in [9.17, 15) is 9.59 Å². The van der Waals surface area contributed by atoms with Crippen LogP contribution in [-0.2, 0) is 6.42 Å². The zero-order valence-electron chi connectivity index (χ0n) is 18.7. The molecule has 5 rings (SSSR count). The number of aromatic nitrogens is 3. The van der Waals surface area contributed by atoms with Crippen molar-refractivity contribution in [3.05, 3.63) is 71.2 Å². The van der Waals surface area contributed by atoms with Gasteiger partial charge < -0.3 is 9.32 Å².